The summed E-state index contributed by atoms with van der Waals surface area (Å²) in [4.78, 5) is 2.33. The lowest BCUT2D eigenvalue weighted by Crippen LogP contribution is -2.47. The molecular formula is C17H23F3N2O. The maximum absolute atomic E-state index is 13.2. The fourth-order valence-corrected chi connectivity index (χ4v) is 3.57. The second-order valence-corrected chi connectivity index (χ2v) is 6.41. The Morgan fingerprint density at radius 1 is 1.17 bits per heavy atom. The highest BCUT2D eigenvalue weighted by atomic mass is 19.4. The number of ether oxygens (including phenoxy) is 1. The molecule has 1 aliphatic carbocycles. The lowest BCUT2D eigenvalue weighted by atomic mass is 9.76. The SMILES string of the molecule is COc1cc([C@H](C2CCC2)N2CCNCC2)cc(C(F)(F)F)c1. The third kappa shape index (κ3) is 3.63. The molecule has 3 rings (SSSR count). The van der Waals surface area contributed by atoms with Gasteiger partial charge in [0.15, 0.2) is 0 Å². The molecule has 1 aromatic carbocycles. The Bertz CT molecular complexity index is 537. The molecule has 1 heterocycles. The van der Waals surface area contributed by atoms with Crippen molar-refractivity contribution in [1.29, 1.82) is 0 Å². The molecule has 1 aliphatic heterocycles. The van der Waals surface area contributed by atoms with Gasteiger partial charge in [-0.25, -0.2) is 0 Å². The van der Waals surface area contributed by atoms with Crippen molar-refractivity contribution in [3.63, 3.8) is 0 Å². The molecule has 1 atom stereocenters. The second-order valence-electron chi connectivity index (χ2n) is 6.41. The number of piperazine rings is 1. The van der Waals surface area contributed by atoms with Crippen molar-refractivity contribution in [3.05, 3.63) is 29.3 Å². The first-order valence-electron chi connectivity index (χ1n) is 8.20. The summed E-state index contributed by atoms with van der Waals surface area (Å²) < 4.78 is 44.8. The van der Waals surface area contributed by atoms with E-state index >= 15 is 0 Å². The number of nitrogens with zero attached hydrogens (tertiary/aromatic N) is 1. The van der Waals surface area contributed by atoms with Crippen molar-refractivity contribution in [2.45, 2.75) is 31.5 Å². The third-order valence-electron chi connectivity index (χ3n) is 4.97. The minimum atomic E-state index is -4.35. The molecular weight excluding hydrogens is 305 g/mol. The van der Waals surface area contributed by atoms with Crippen LogP contribution < -0.4 is 10.1 Å². The highest BCUT2D eigenvalue weighted by molar-refractivity contribution is 5.38. The maximum Gasteiger partial charge on any atom is 0.416 e. The van der Waals surface area contributed by atoms with Gasteiger partial charge < -0.3 is 10.1 Å². The Balaban J connectivity index is 1.97. The highest BCUT2D eigenvalue weighted by Gasteiger charge is 2.37. The zero-order chi connectivity index (χ0) is 16.4. The predicted molar refractivity (Wildman–Crippen MR) is 82.5 cm³/mol. The number of benzene rings is 1. The molecule has 1 aromatic rings. The normalized spacial score (nSPS) is 21.7. The lowest BCUT2D eigenvalue weighted by molar-refractivity contribution is -0.137. The van der Waals surface area contributed by atoms with Gasteiger partial charge in [-0.2, -0.15) is 13.2 Å². The van der Waals surface area contributed by atoms with Crippen LogP contribution in [0.3, 0.4) is 0 Å². The van der Waals surface area contributed by atoms with Gasteiger partial charge in [-0.05, 0) is 42.5 Å². The zero-order valence-corrected chi connectivity index (χ0v) is 13.3. The molecule has 0 amide bonds. The molecule has 1 saturated carbocycles. The Labute approximate surface area is 134 Å². The average molecular weight is 328 g/mol. The molecule has 0 bridgehead atoms. The summed E-state index contributed by atoms with van der Waals surface area (Å²) in [6, 6.07) is 4.23. The Morgan fingerprint density at radius 3 is 2.39 bits per heavy atom. The van der Waals surface area contributed by atoms with Crippen LogP contribution in [0.2, 0.25) is 0 Å². The van der Waals surface area contributed by atoms with Crippen molar-refractivity contribution < 1.29 is 17.9 Å². The van der Waals surface area contributed by atoms with Gasteiger partial charge in [-0.3, -0.25) is 4.90 Å². The topological polar surface area (TPSA) is 24.5 Å². The van der Waals surface area contributed by atoms with Crippen LogP contribution in [-0.4, -0.2) is 38.2 Å². The van der Waals surface area contributed by atoms with E-state index in [4.69, 9.17) is 4.74 Å². The lowest BCUT2D eigenvalue weighted by Gasteiger charge is -2.43. The average Bonchev–Trinajstić information content (AvgIpc) is 2.50. The molecule has 3 nitrogen and oxygen atoms in total. The summed E-state index contributed by atoms with van der Waals surface area (Å²) in [7, 11) is 1.42. The number of hydrogen-bond acceptors (Lipinski definition) is 3. The van der Waals surface area contributed by atoms with Crippen LogP contribution >= 0.6 is 0 Å². The van der Waals surface area contributed by atoms with Crippen molar-refractivity contribution in [1.82, 2.24) is 10.2 Å². The molecule has 0 unspecified atom stereocenters. The minimum Gasteiger partial charge on any atom is -0.497 e. The predicted octanol–water partition coefficient (Wildman–Crippen LogP) is 3.46. The van der Waals surface area contributed by atoms with Crippen molar-refractivity contribution in [3.8, 4) is 5.75 Å². The molecule has 1 saturated heterocycles. The summed E-state index contributed by atoms with van der Waals surface area (Å²) in [6.45, 7) is 3.53. The first-order chi connectivity index (χ1) is 11.0. The van der Waals surface area contributed by atoms with E-state index in [1.54, 1.807) is 6.07 Å². The van der Waals surface area contributed by atoms with E-state index in [0.29, 0.717) is 5.92 Å². The van der Waals surface area contributed by atoms with E-state index in [-0.39, 0.29) is 11.8 Å². The van der Waals surface area contributed by atoms with E-state index in [1.807, 2.05) is 0 Å². The summed E-state index contributed by atoms with van der Waals surface area (Å²) >= 11 is 0. The van der Waals surface area contributed by atoms with E-state index in [1.165, 1.54) is 19.6 Å². The molecule has 23 heavy (non-hydrogen) atoms. The number of alkyl halides is 3. The van der Waals surface area contributed by atoms with Crippen LogP contribution in [0.1, 0.15) is 36.4 Å². The van der Waals surface area contributed by atoms with Crippen LogP contribution in [0.15, 0.2) is 18.2 Å². The summed E-state index contributed by atoms with van der Waals surface area (Å²) in [5.41, 5.74) is 0.120. The monoisotopic (exact) mass is 328 g/mol. The number of hydrogen-bond donors (Lipinski definition) is 1. The van der Waals surface area contributed by atoms with Gasteiger partial charge in [-0.1, -0.05) is 6.42 Å². The van der Waals surface area contributed by atoms with Gasteiger partial charge in [0, 0.05) is 32.2 Å². The van der Waals surface area contributed by atoms with Gasteiger partial charge >= 0.3 is 6.18 Å². The van der Waals surface area contributed by atoms with Gasteiger partial charge in [0.1, 0.15) is 5.75 Å². The first kappa shape index (κ1) is 16.6. The third-order valence-corrected chi connectivity index (χ3v) is 4.97. The fourth-order valence-electron chi connectivity index (χ4n) is 3.57. The largest absolute Gasteiger partial charge is 0.497 e. The molecule has 2 aliphatic rings. The first-order valence-corrected chi connectivity index (χ1v) is 8.20. The quantitative estimate of drug-likeness (QED) is 0.916. The van der Waals surface area contributed by atoms with E-state index < -0.39 is 11.7 Å². The van der Waals surface area contributed by atoms with Crippen LogP contribution in [-0.2, 0) is 6.18 Å². The molecule has 0 radical (unpaired) electrons. The molecule has 6 heteroatoms. The number of nitrogens with one attached hydrogen (secondary N) is 1. The second kappa shape index (κ2) is 6.69. The van der Waals surface area contributed by atoms with Crippen LogP contribution in [0.4, 0.5) is 13.2 Å². The van der Waals surface area contributed by atoms with Crippen molar-refractivity contribution in [2.24, 2.45) is 5.92 Å². The number of rotatable bonds is 4. The number of halogens is 3. The summed E-state index contributed by atoms with van der Waals surface area (Å²) in [5, 5.41) is 3.31. The van der Waals surface area contributed by atoms with E-state index in [0.717, 1.165) is 50.7 Å². The van der Waals surface area contributed by atoms with Gasteiger partial charge in [0.05, 0.1) is 12.7 Å². The minimum absolute atomic E-state index is 0.0575. The molecule has 128 valence electrons. The van der Waals surface area contributed by atoms with Crippen LogP contribution in [0.5, 0.6) is 5.75 Å². The molecule has 1 N–H and O–H groups in total. The molecule has 2 fully saturated rings. The van der Waals surface area contributed by atoms with Gasteiger partial charge in [0.25, 0.3) is 0 Å². The molecule has 0 spiro atoms. The van der Waals surface area contributed by atoms with Gasteiger partial charge in [-0.15, -0.1) is 0 Å². The maximum atomic E-state index is 13.2. The van der Waals surface area contributed by atoms with Gasteiger partial charge in [0.2, 0.25) is 0 Å². The fraction of sp³-hybridized carbons (Fsp3) is 0.647. The van der Waals surface area contributed by atoms with Crippen molar-refractivity contribution in [2.75, 3.05) is 33.3 Å². The van der Waals surface area contributed by atoms with E-state index in [2.05, 4.69) is 10.2 Å². The zero-order valence-electron chi connectivity index (χ0n) is 13.3. The van der Waals surface area contributed by atoms with Crippen LogP contribution in [0, 0.1) is 5.92 Å². The standard InChI is InChI=1S/C17H23F3N2O/c1-23-15-10-13(9-14(11-15)17(18,19)20)16(12-3-2-4-12)22-7-5-21-6-8-22/h9-12,16,21H,2-8H2,1H3/t16-/m0/s1. The van der Waals surface area contributed by atoms with Crippen molar-refractivity contribution >= 4 is 0 Å². The smallest absolute Gasteiger partial charge is 0.416 e. The molecule has 0 aromatic heterocycles. The Morgan fingerprint density at radius 2 is 1.87 bits per heavy atom. The van der Waals surface area contributed by atoms with Crippen LogP contribution in [0.25, 0.3) is 0 Å². The summed E-state index contributed by atoms with van der Waals surface area (Å²) in [6.07, 6.45) is -0.999. The Kier molecular flexibility index (Phi) is 4.82. The highest BCUT2D eigenvalue weighted by Crippen LogP contribution is 2.44. The Hall–Kier alpha value is -1.27. The number of methoxy groups -OCH3 is 1. The summed E-state index contributed by atoms with van der Waals surface area (Å²) in [5.74, 6) is 0.732. The van der Waals surface area contributed by atoms with E-state index in [9.17, 15) is 13.2 Å².